The van der Waals surface area contributed by atoms with Crippen LogP contribution in [-0.4, -0.2) is 38.4 Å². The molecule has 1 aliphatic heterocycles. The molecule has 1 saturated heterocycles. The van der Waals surface area contributed by atoms with Gasteiger partial charge in [0.15, 0.2) is 5.82 Å². The van der Waals surface area contributed by atoms with E-state index in [1.807, 2.05) is 23.5 Å². The number of hydrogen-bond acceptors (Lipinski definition) is 7. The molecule has 108 valence electrons. The third kappa shape index (κ3) is 4.06. The normalized spacial score (nSPS) is 29.4. The number of nitrogens with zero attached hydrogens (tertiary/aromatic N) is 2. The minimum atomic E-state index is -0.133. The van der Waals surface area contributed by atoms with Gasteiger partial charge in [0, 0.05) is 16.3 Å². The van der Waals surface area contributed by atoms with Gasteiger partial charge in [0.1, 0.15) is 0 Å². The van der Waals surface area contributed by atoms with Crippen LogP contribution in [0.4, 0.5) is 0 Å². The number of thioether (sulfide) groups is 3. The van der Waals surface area contributed by atoms with Crippen LogP contribution < -0.4 is 5.73 Å². The van der Waals surface area contributed by atoms with E-state index in [0.717, 1.165) is 23.8 Å². The lowest BCUT2D eigenvalue weighted by molar-refractivity contribution is 0.349. The molecule has 2 rings (SSSR count). The highest BCUT2D eigenvalue weighted by Gasteiger charge is 2.30. The van der Waals surface area contributed by atoms with Crippen molar-refractivity contribution in [3.05, 3.63) is 11.7 Å². The highest BCUT2D eigenvalue weighted by Crippen LogP contribution is 2.43. The van der Waals surface area contributed by atoms with Crippen molar-refractivity contribution < 1.29 is 4.52 Å². The summed E-state index contributed by atoms with van der Waals surface area (Å²) >= 11 is 5.71. The maximum atomic E-state index is 6.05. The smallest absolute Gasteiger partial charge is 0.243 e. The molecule has 1 aliphatic rings. The van der Waals surface area contributed by atoms with E-state index < -0.39 is 0 Å². The van der Waals surface area contributed by atoms with Crippen molar-refractivity contribution in [2.24, 2.45) is 5.73 Å². The van der Waals surface area contributed by atoms with Gasteiger partial charge in [-0.05, 0) is 18.4 Å². The van der Waals surface area contributed by atoms with Gasteiger partial charge in [-0.25, -0.2) is 0 Å². The van der Waals surface area contributed by atoms with Gasteiger partial charge < -0.3 is 10.3 Å². The summed E-state index contributed by atoms with van der Waals surface area (Å²) in [6.45, 7) is 4.54. The Balaban J connectivity index is 1.97. The minimum absolute atomic E-state index is 0.133. The lowest BCUT2D eigenvalue weighted by atomic mass is 10.2. The molecule has 1 fully saturated rings. The zero-order valence-corrected chi connectivity index (χ0v) is 14.0. The topological polar surface area (TPSA) is 64.9 Å². The molecule has 0 radical (unpaired) electrons. The predicted octanol–water partition coefficient (Wildman–Crippen LogP) is 3.12. The third-order valence-corrected chi connectivity index (χ3v) is 7.28. The fourth-order valence-electron chi connectivity index (χ4n) is 1.82. The largest absolute Gasteiger partial charge is 0.338 e. The Morgan fingerprint density at radius 3 is 2.95 bits per heavy atom. The number of rotatable bonds is 5. The molecule has 2 N–H and O–H groups in total. The van der Waals surface area contributed by atoms with Crippen molar-refractivity contribution in [3.8, 4) is 0 Å². The molecule has 1 aromatic heterocycles. The lowest BCUT2D eigenvalue weighted by Gasteiger charge is -2.29. The maximum absolute atomic E-state index is 6.05. The molecule has 0 bridgehead atoms. The quantitative estimate of drug-likeness (QED) is 0.894. The summed E-state index contributed by atoms with van der Waals surface area (Å²) in [4.78, 5) is 4.50. The summed E-state index contributed by atoms with van der Waals surface area (Å²) in [6.07, 6.45) is 2.95. The van der Waals surface area contributed by atoms with Gasteiger partial charge in [-0.2, -0.15) is 28.5 Å². The van der Waals surface area contributed by atoms with E-state index in [1.165, 1.54) is 0 Å². The van der Waals surface area contributed by atoms with Gasteiger partial charge in [-0.15, -0.1) is 11.8 Å². The molecule has 1 aromatic rings. The van der Waals surface area contributed by atoms with Crippen molar-refractivity contribution in [2.45, 2.75) is 42.1 Å². The summed E-state index contributed by atoms with van der Waals surface area (Å²) in [5, 5.41) is 5.77. The number of hydrogen-bond donors (Lipinski definition) is 1. The van der Waals surface area contributed by atoms with E-state index in [4.69, 9.17) is 10.3 Å². The van der Waals surface area contributed by atoms with Gasteiger partial charge in [-0.3, -0.25) is 0 Å². The van der Waals surface area contributed by atoms with Crippen LogP contribution in [0.1, 0.15) is 43.3 Å². The molecule has 4 nitrogen and oxygen atoms in total. The highest BCUT2D eigenvalue weighted by molar-refractivity contribution is 8.07. The van der Waals surface area contributed by atoms with Gasteiger partial charge in [0.2, 0.25) is 5.89 Å². The Kier molecular flexibility index (Phi) is 5.92. The van der Waals surface area contributed by atoms with Crippen molar-refractivity contribution >= 4 is 35.3 Å². The second kappa shape index (κ2) is 7.24. The Bertz CT molecular complexity index is 401. The first-order valence-electron chi connectivity index (χ1n) is 6.47. The molecule has 0 amide bonds. The highest BCUT2D eigenvalue weighted by atomic mass is 32.2. The van der Waals surface area contributed by atoms with Crippen molar-refractivity contribution in [2.75, 3.05) is 17.8 Å². The number of nitrogens with two attached hydrogens (primary N) is 1. The van der Waals surface area contributed by atoms with Gasteiger partial charge in [0.05, 0.1) is 11.3 Å². The second-order valence-electron chi connectivity index (χ2n) is 4.75. The molecule has 7 heteroatoms. The van der Waals surface area contributed by atoms with Crippen molar-refractivity contribution in [3.63, 3.8) is 0 Å². The van der Waals surface area contributed by atoms with E-state index in [1.54, 1.807) is 11.8 Å². The Morgan fingerprint density at radius 1 is 1.47 bits per heavy atom. The van der Waals surface area contributed by atoms with Gasteiger partial charge in [0.25, 0.3) is 0 Å². The first kappa shape index (κ1) is 15.5. The molecule has 0 saturated carbocycles. The summed E-state index contributed by atoms with van der Waals surface area (Å²) in [6, 6.07) is -0.133. The van der Waals surface area contributed by atoms with Crippen LogP contribution in [0.2, 0.25) is 0 Å². The summed E-state index contributed by atoms with van der Waals surface area (Å²) in [7, 11) is 0. The van der Waals surface area contributed by atoms with E-state index in [-0.39, 0.29) is 6.04 Å². The molecular weight excluding hydrogens is 298 g/mol. The SMILES string of the molecule is CSCC[C@H](N)c1nc(C2CSC(C)C(C)S2)no1. The van der Waals surface area contributed by atoms with Crippen LogP contribution in [0, 0.1) is 0 Å². The van der Waals surface area contributed by atoms with Crippen LogP contribution in [0.5, 0.6) is 0 Å². The summed E-state index contributed by atoms with van der Waals surface area (Å²) < 4.78 is 5.32. The van der Waals surface area contributed by atoms with E-state index >= 15 is 0 Å². The monoisotopic (exact) mass is 319 g/mol. The Hall–Kier alpha value is 0.150. The Morgan fingerprint density at radius 2 is 2.26 bits per heavy atom. The van der Waals surface area contributed by atoms with Crippen LogP contribution in [-0.2, 0) is 0 Å². The fourth-order valence-corrected chi connectivity index (χ4v) is 5.14. The van der Waals surface area contributed by atoms with Crippen LogP contribution in [0.25, 0.3) is 0 Å². The average Bonchev–Trinajstić information content (AvgIpc) is 2.89. The predicted molar refractivity (Wildman–Crippen MR) is 85.9 cm³/mol. The molecule has 0 aliphatic carbocycles. The van der Waals surface area contributed by atoms with Gasteiger partial charge >= 0.3 is 0 Å². The molecular formula is C12H21N3OS3. The molecule has 4 atom stereocenters. The van der Waals surface area contributed by atoms with E-state index in [9.17, 15) is 0 Å². The number of aromatic nitrogens is 2. The third-order valence-electron chi connectivity index (χ3n) is 3.25. The molecule has 0 aromatic carbocycles. The zero-order valence-electron chi connectivity index (χ0n) is 11.5. The van der Waals surface area contributed by atoms with Crippen LogP contribution in [0.3, 0.4) is 0 Å². The lowest BCUT2D eigenvalue weighted by Crippen LogP contribution is -2.22. The summed E-state index contributed by atoms with van der Waals surface area (Å²) in [5.74, 6) is 3.46. The standard InChI is InChI=1S/C12H21N3OS3/c1-7-8(2)19-10(6-18-7)11-14-12(16-15-11)9(13)4-5-17-3/h7-10H,4-6,13H2,1-3H3/t7?,8?,9-,10?/m0/s1. The van der Waals surface area contributed by atoms with Crippen LogP contribution in [0.15, 0.2) is 4.52 Å². The van der Waals surface area contributed by atoms with Gasteiger partial charge in [-0.1, -0.05) is 19.0 Å². The maximum Gasteiger partial charge on any atom is 0.243 e. The molecule has 3 unspecified atom stereocenters. The second-order valence-corrected chi connectivity index (χ2v) is 8.73. The summed E-state index contributed by atoms with van der Waals surface area (Å²) in [5.41, 5.74) is 6.05. The fraction of sp³-hybridized carbons (Fsp3) is 0.833. The van der Waals surface area contributed by atoms with Crippen molar-refractivity contribution in [1.29, 1.82) is 0 Å². The molecule has 2 heterocycles. The molecule has 19 heavy (non-hydrogen) atoms. The minimum Gasteiger partial charge on any atom is -0.338 e. The van der Waals surface area contributed by atoms with Crippen molar-refractivity contribution in [1.82, 2.24) is 10.1 Å². The first-order chi connectivity index (χ1) is 9.11. The molecule has 0 spiro atoms. The van der Waals surface area contributed by atoms with Crippen LogP contribution >= 0.6 is 35.3 Å². The van der Waals surface area contributed by atoms with E-state index in [2.05, 4.69) is 30.2 Å². The average molecular weight is 320 g/mol. The first-order valence-corrected chi connectivity index (χ1v) is 9.85. The zero-order chi connectivity index (χ0) is 13.8. The van der Waals surface area contributed by atoms with E-state index in [0.29, 0.717) is 21.6 Å². The Labute approximate surface area is 127 Å².